The Bertz CT molecular complexity index is 589. The van der Waals surface area contributed by atoms with Gasteiger partial charge in [-0.1, -0.05) is 19.3 Å². The Morgan fingerprint density at radius 1 is 1.15 bits per heavy atom. The first-order valence-electron chi connectivity index (χ1n) is 7.12. The van der Waals surface area contributed by atoms with E-state index in [1.165, 1.54) is 32.1 Å². The van der Waals surface area contributed by atoms with E-state index in [4.69, 9.17) is 5.73 Å². The molecule has 2 heterocycles. The van der Waals surface area contributed by atoms with Crippen molar-refractivity contribution in [3.05, 3.63) is 27.7 Å². The lowest BCUT2D eigenvalue weighted by molar-refractivity contribution is 0.427. The van der Waals surface area contributed by atoms with Gasteiger partial charge in [0.1, 0.15) is 11.6 Å². The number of aryl methyl sites for hydroxylation is 1. The van der Waals surface area contributed by atoms with Crippen molar-refractivity contribution < 1.29 is 0 Å². The predicted molar refractivity (Wildman–Crippen MR) is 79.7 cm³/mol. The number of hydrogen-bond donors (Lipinski definition) is 1. The highest BCUT2D eigenvalue weighted by atomic mass is 32.1. The van der Waals surface area contributed by atoms with Gasteiger partial charge in [-0.3, -0.25) is 0 Å². The lowest BCUT2D eigenvalue weighted by Crippen LogP contribution is -2.13. The molecule has 0 amide bonds. The second-order valence-corrected chi connectivity index (χ2v) is 6.40. The minimum atomic E-state index is 0.336. The first-order chi connectivity index (χ1) is 9.70. The summed E-state index contributed by atoms with van der Waals surface area (Å²) >= 11 is 1.65. The van der Waals surface area contributed by atoms with Crippen molar-refractivity contribution in [2.24, 2.45) is 0 Å². The van der Waals surface area contributed by atoms with Crippen LogP contribution in [-0.4, -0.2) is 19.9 Å². The summed E-state index contributed by atoms with van der Waals surface area (Å²) in [4.78, 5) is 17.7. The van der Waals surface area contributed by atoms with Crippen LogP contribution in [0.1, 0.15) is 60.4 Å². The summed E-state index contributed by atoms with van der Waals surface area (Å²) in [5, 5.41) is 3.12. The van der Waals surface area contributed by atoms with Crippen LogP contribution in [0.15, 0.2) is 5.38 Å². The fourth-order valence-electron chi connectivity index (χ4n) is 2.73. The van der Waals surface area contributed by atoms with Crippen molar-refractivity contribution in [2.45, 2.75) is 51.4 Å². The van der Waals surface area contributed by atoms with E-state index in [9.17, 15) is 0 Å². The van der Waals surface area contributed by atoms with Crippen molar-refractivity contribution in [1.82, 2.24) is 19.9 Å². The number of anilines is 1. The van der Waals surface area contributed by atoms with E-state index in [-0.39, 0.29) is 0 Å². The summed E-state index contributed by atoms with van der Waals surface area (Å²) in [6.07, 6.45) is 6.81. The van der Waals surface area contributed by atoms with Crippen LogP contribution < -0.4 is 5.73 Å². The monoisotopic (exact) mass is 289 g/mol. The van der Waals surface area contributed by atoms with E-state index < -0.39 is 0 Å². The van der Waals surface area contributed by atoms with E-state index in [2.05, 4.69) is 25.3 Å². The second kappa shape index (κ2) is 5.83. The minimum Gasteiger partial charge on any atom is -0.368 e. The second-order valence-electron chi connectivity index (χ2n) is 5.34. The largest absolute Gasteiger partial charge is 0.368 e. The molecule has 1 aliphatic rings. The number of rotatable bonds is 3. The number of nitrogens with zero attached hydrogens (tertiary/aromatic N) is 4. The van der Waals surface area contributed by atoms with Crippen molar-refractivity contribution in [1.29, 1.82) is 0 Å². The van der Waals surface area contributed by atoms with Gasteiger partial charge in [0.15, 0.2) is 0 Å². The number of nitrogen functional groups attached to an aromatic ring is 1. The van der Waals surface area contributed by atoms with E-state index in [0.29, 0.717) is 18.3 Å². The van der Waals surface area contributed by atoms with Crippen LogP contribution in [0.25, 0.3) is 0 Å². The third-order valence-corrected chi connectivity index (χ3v) is 4.51. The Hall–Kier alpha value is -1.56. The predicted octanol–water partition coefficient (Wildman–Crippen LogP) is 2.86. The number of hydrogen-bond acceptors (Lipinski definition) is 6. The molecular formula is C14H19N5S. The molecule has 0 aliphatic heterocycles. The molecule has 0 radical (unpaired) electrons. The molecular weight excluding hydrogens is 270 g/mol. The van der Waals surface area contributed by atoms with Gasteiger partial charge in [0.2, 0.25) is 5.95 Å². The zero-order valence-corrected chi connectivity index (χ0v) is 12.5. The maximum absolute atomic E-state index is 5.84. The SMILES string of the molecule is Cc1nc(Cc2nc(N)nc(C3CCCCC3)n2)cs1. The van der Waals surface area contributed by atoms with Gasteiger partial charge in [-0.05, 0) is 19.8 Å². The Morgan fingerprint density at radius 2 is 1.95 bits per heavy atom. The van der Waals surface area contributed by atoms with Crippen LogP contribution in [-0.2, 0) is 6.42 Å². The number of thiazole rings is 1. The Morgan fingerprint density at radius 3 is 2.65 bits per heavy atom. The maximum atomic E-state index is 5.84. The highest BCUT2D eigenvalue weighted by Gasteiger charge is 2.19. The smallest absolute Gasteiger partial charge is 0.223 e. The molecule has 2 aromatic heterocycles. The van der Waals surface area contributed by atoms with Crippen LogP contribution in [0, 0.1) is 6.92 Å². The summed E-state index contributed by atoms with van der Waals surface area (Å²) in [5.74, 6) is 2.40. The fourth-order valence-corrected chi connectivity index (χ4v) is 3.34. The summed E-state index contributed by atoms with van der Waals surface area (Å²) < 4.78 is 0. The topological polar surface area (TPSA) is 77.6 Å². The third-order valence-electron chi connectivity index (χ3n) is 3.69. The van der Waals surface area contributed by atoms with Crippen molar-refractivity contribution in [3.8, 4) is 0 Å². The van der Waals surface area contributed by atoms with Crippen LogP contribution in [0.5, 0.6) is 0 Å². The van der Waals surface area contributed by atoms with Gasteiger partial charge in [0.05, 0.1) is 17.1 Å². The van der Waals surface area contributed by atoms with E-state index in [1.54, 1.807) is 11.3 Å². The first kappa shape index (κ1) is 13.4. The van der Waals surface area contributed by atoms with Gasteiger partial charge in [0, 0.05) is 11.3 Å². The molecule has 0 saturated heterocycles. The van der Waals surface area contributed by atoms with Crippen LogP contribution in [0.2, 0.25) is 0 Å². The standard InChI is InChI=1S/C14H19N5S/c1-9-16-11(8-20-9)7-12-17-13(19-14(15)18-12)10-5-3-2-4-6-10/h8,10H,2-7H2,1H3,(H2,15,17,18,19). The van der Waals surface area contributed by atoms with Crippen LogP contribution in [0.3, 0.4) is 0 Å². The van der Waals surface area contributed by atoms with Crippen molar-refractivity contribution in [3.63, 3.8) is 0 Å². The summed E-state index contributed by atoms with van der Waals surface area (Å²) in [6, 6.07) is 0. The molecule has 0 aromatic carbocycles. The molecule has 5 nitrogen and oxygen atoms in total. The van der Waals surface area contributed by atoms with Crippen LogP contribution in [0.4, 0.5) is 5.95 Å². The highest BCUT2D eigenvalue weighted by Crippen LogP contribution is 2.30. The molecule has 3 rings (SSSR count). The molecule has 20 heavy (non-hydrogen) atoms. The summed E-state index contributed by atoms with van der Waals surface area (Å²) in [6.45, 7) is 2.00. The van der Waals surface area contributed by atoms with E-state index in [0.717, 1.165) is 22.4 Å². The molecule has 2 N–H and O–H groups in total. The third kappa shape index (κ3) is 3.12. The number of aromatic nitrogens is 4. The van der Waals surface area contributed by atoms with Gasteiger partial charge in [-0.15, -0.1) is 11.3 Å². The zero-order chi connectivity index (χ0) is 13.9. The van der Waals surface area contributed by atoms with Crippen LogP contribution >= 0.6 is 11.3 Å². The number of nitrogens with two attached hydrogens (primary N) is 1. The quantitative estimate of drug-likeness (QED) is 0.940. The fraction of sp³-hybridized carbons (Fsp3) is 0.571. The van der Waals surface area contributed by atoms with Gasteiger partial charge in [0.25, 0.3) is 0 Å². The zero-order valence-electron chi connectivity index (χ0n) is 11.7. The van der Waals surface area contributed by atoms with Gasteiger partial charge < -0.3 is 5.73 Å². The molecule has 106 valence electrons. The molecule has 0 atom stereocenters. The van der Waals surface area contributed by atoms with Crippen molar-refractivity contribution in [2.75, 3.05) is 5.73 Å². The maximum Gasteiger partial charge on any atom is 0.223 e. The minimum absolute atomic E-state index is 0.336. The molecule has 1 saturated carbocycles. The lowest BCUT2D eigenvalue weighted by Gasteiger charge is -2.20. The Labute approximate surface area is 122 Å². The molecule has 1 fully saturated rings. The molecule has 0 bridgehead atoms. The molecule has 0 unspecified atom stereocenters. The van der Waals surface area contributed by atoms with E-state index >= 15 is 0 Å². The first-order valence-corrected chi connectivity index (χ1v) is 8.00. The van der Waals surface area contributed by atoms with Gasteiger partial charge in [-0.25, -0.2) is 9.97 Å². The average molecular weight is 289 g/mol. The highest BCUT2D eigenvalue weighted by molar-refractivity contribution is 7.09. The normalized spacial score (nSPS) is 16.4. The van der Waals surface area contributed by atoms with Gasteiger partial charge >= 0.3 is 0 Å². The molecule has 0 spiro atoms. The molecule has 6 heteroatoms. The van der Waals surface area contributed by atoms with E-state index in [1.807, 2.05) is 6.92 Å². The lowest BCUT2D eigenvalue weighted by atomic mass is 9.89. The Balaban J connectivity index is 1.82. The average Bonchev–Trinajstić information content (AvgIpc) is 2.84. The molecule has 2 aromatic rings. The van der Waals surface area contributed by atoms with Crippen molar-refractivity contribution >= 4 is 17.3 Å². The van der Waals surface area contributed by atoms with Gasteiger partial charge in [-0.2, -0.15) is 9.97 Å². The molecule has 1 aliphatic carbocycles. The summed E-state index contributed by atoms with van der Waals surface area (Å²) in [5.41, 5.74) is 6.85. The Kier molecular flexibility index (Phi) is 3.91. The summed E-state index contributed by atoms with van der Waals surface area (Å²) in [7, 11) is 0.